The predicted octanol–water partition coefficient (Wildman–Crippen LogP) is 4.25. The van der Waals surface area contributed by atoms with Gasteiger partial charge in [-0.25, -0.2) is 0 Å². The minimum absolute atomic E-state index is 0.843. The molecule has 3 aromatic rings. The molecule has 0 atom stereocenters. The molecular weight excluding hydrogens is 332 g/mol. The summed E-state index contributed by atoms with van der Waals surface area (Å²) in [7, 11) is 2.01. The van der Waals surface area contributed by atoms with E-state index in [1.807, 2.05) is 19.4 Å². The van der Waals surface area contributed by atoms with Crippen molar-refractivity contribution in [1.29, 1.82) is 0 Å². The monoisotopic (exact) mass is 362 g/mol. The standard InChI is InChI=1S/C23H30N4/c1-18-14-19(2)22(26-15-18)16-27(13-7-6-11-24-3)17-23-21-9-5-4-8-20(21)10-12-25-23/h4-5,8-10,12,14-15,24H,6-7,11,13,16-17H2,1-3H3. The lowest BCUT2D eigenvalue weighted by atomic mass is 10.1. The van der Waals surface area contributed by atoms with Gasteiger partial charge >= 0.3 is 0 Å². The highest BCUT2D eigenvalue weighted by molar-refractivity contribution is 5.84. The number of pyridine rings is 2. The number of benzene rings is 1. The third-order valence-corrected chi connectivity index (χ3v) is 4.98. The zero-order valence-electron chi connectivity index (χ0n) is 16.7. The molecule has 0 radical (unpaired) electrons. The smallest absolute Gasteiger partial charge is 0.0622 e. The lowest BCUT2D eigenvalue weighted by Crippen LogP contribution is -2.26. The van der Waals surface area contributed by atoms with E-state index in [-0.39, 0.29) is 0 Å². The average Bonchev–Trinajstić information content (AvgIpc) is 2.67. The summed E-state index contributed by atoms with van der Waals surface area (Å²) in [5.74, 6) is 0. The van der Waals surface area contributed by atoms with Crippen LogP contribution < -0.4 is 5.32 Å². The van der Waals surface area contributed by atoms with E-state index >= 15 is 0 Å². The van der Waals surface area contributed by atoms with Gasteiger partial charge in [0.05, 0.1) is 11.4 Å². The van der Waals surface area contributed by atoms with Crippen molar-refractivity contribution in [3.05, 3.63) is 71.3 Å². The van der Waals surface area contributed by atoms with Crippen molar-refractivity contribution in [2.75, 3.05) is 20.1 Å². The number of unbranched alkanes of at least 4 members (excludes halogenated alkanes) is 1. The van der Waals surface area contributed by atoms with Crippen LogP contribution in [-0.2, 0) is 13.1 Å². The van der Waals surface area contributed by atoms with E-state index in [0.29, 0.717) is 0 Å². The molecule has 0 aliphatic carbocycles. The number of fused-ring (bicyclic) bond motifs is 1. The molecule has 3 rings (SSSR count). The van der Waals surface area contributed by atoms with Gasteiger partial charge in [-0.15, -0.1) is 0 Å². The maximum absolute atomic E-state index is 4.69. The van der Waals surface area contributed by atoms with Gasteiger partial charge in [-0.05, 0) is 69.4 Å². The van der Waals surface area contributed by atoms with Crippen LogP contribution in [0.1, 0.15) is 35.4 Å². The molecule has 0 spiro atoms. The van der Waals surface area contributed by atoms with Crippen LogP contribution in [0.25, 0.3) is 10.8 Å². The molecule has 1 N–H and O–H groups in total. The molecule has 0 saturated carbocycles. The Kier molecular flexibility index (Phi) is 6.91. The second kappa shape index (κ2) is 9.58. The van der Waals surface area contributed by atoms with Crippen molar-refractivity contribution < 1.29 is 0 Å². The van der Waals surface area contributed by atoms with Gasteiger partial charge in [-0.3, -0.25) is 14.9 Å². The Morgan fingerprint density at radius 3 is 2.59 bits per heavy atom. The molecule has 2 heterocycles. The minimum Gasteiger partial charge on any atom is -0.320 e. The number of aromatic nitrogens is 2. The summed E-state index contributed by atoms with van der Waals surface area (Å²) < 4.78 is 0. The minimum atomic E-state index is 0.843. The molecule has 0 unspecified atom stereocenters. The van der Waals surface area contributed by atoms with Gasteiger partial charge in [0, 0.05) is 30.9 Å². The van der Waals surface area contributed by atoms with Crippen LogP contribution in [0.2, 0.25) is 0 Å². The molecule has 4 heteroatoms. The Labute approximate surface area is 162 Å². The summed E-state index contributed by atoms with van der Waals surface area (Å²) in [6.45, 7) is 8.06. The fourth-order valence-electron chi connectivity index (χ4n) is 3.49. The Morgan fingerprint density at radius 2 is 1.78 bits per heavy atom. The van der Waals surface area contributed by atoms with Gasteiger partial charge in [-0.2, -0.15) is 0 Å². The number of nitrogens with one attached hydrogen (secondary N) is 1. The number of rotatable bonds is 9. The lowest BCUT2D eigenvalue weighted by molar-refractivity contribution is 0.246. The maximum Gasteiger partial charge on any atom is 0.0622 e. The topological polar surface area (TPSA) is 41.0 Å². The summed E-state index contributed by atoms with van der Waals surface area (Å²) in [5.41, 5.74) is 4.79. The number of hydrogen-bond donors (Lipinski definition) is 1. The van der Waals surface area contributed by atoms with Gasteiger partial charge in [0.25, 0.3) is 0 Å². The predicted molar refractivity (Wildman–Crippen MR) is 113 cm³/mol. The number of aryl methyl sites for hydroxylation is 2. The Bertz CT molecular complexity index is 870. The molecule has 27 heavy (non-hydrogen) atoms. The largest absolute Gasteiger partial charge is 0.320 e. The van der Waals surface area contributed by atoms with E-state index in [9.17, 15) is 0 Å². The van der Waals surface area contributed by atoms with Gasteiger partial charge in [0.1, 0.15) is 0 Å². The van der Waals surface area contributed by atoms with Crippen LogP contribution in [0, 0.1) is 13.8 Å². The van der Waals surface area contributed by atoms with Crippen LogP contribution in [0.15, 0.2) is 48.8 Å². The first kappa shape index (κ1) is 19.5. The molecule has 0 fully saturated rings. The summed E-state index contributed by atoms with van der Waals surface area (Å²) >= 11 is 0. The molecule has 1 aromatic carbocycles. The van der Waals surface area contributed by atoms with E-state index in [1.54, 1.807) is 0 Å². The van der Waals surface area contributed by atoms with Crippen molar-refractivity contribution in [3.8, 4) is 0 Å². The normalized spacial score (nSPS) is 11.4. The van der Waals surface area contributed by atoms with Crippen molar-refractivity contribution in [1.82, 2.24) is 20.2 Å². The van der Waals surface area contributed by atoms with Crippen molar-refractivity contribution in [2.45, 2.75) is 39.8 Å². The highest BCUT2D eigenvalue weighted by Crippen LogP contribution is 2.19. The fraction of sp³-hybridized carbons (Fsp3) is 0.391. The Morgan fingerprint density at radius 1 is 0.963 bits per heavy atom. The molecule has 0 amide bonds. The zero-order valence-corrected chi connectivity index (χ0v) is 16.7. The van der Waals surface area contributed by atoms with Crippen LogP contribution in [0.3, 0.4) is 0 Å². The van der Waals surface area contributed by atoms with Gasteiger partial charge in [-0.1, -0.05) is 30.3 Å². The van der Waals surface area contributed by atoms with Crippen LogP contribution in [0.4, 0.5) is 0 Å². The third-order valence-electron chi connectivity index (χ3n) is 4.98. The first-order valence-electron chi connectivity index (χ1n) is 9.79. The number of hydrogen-bond acceptors (Lipinski definition) is 4. The van der Waals surface area contributed by atoms with Crippen molar-refractivity contribution in [3.63, 3.8) is 0 Å². The van der Waals surface area contributed by atoms with Gasteiger partial charge in [0.2, 0.25) is 0 Å². The molecule has 0 bridgehead atoms. The zero-order chi connectivity index (χ0) is 19.1. The molecule has 0 aliphatic rings. The molecule has 0 saturated heterocycles. The fourth-order valence-corrected chi connectivity index (χ4v) is 3.49. The maximum atomic E-state index is 4.69. The second-order valence-electron chi connectivity index (χ2n) is 7.28. The quantitative estimate of drug-likeness (QED) is 0.578. The summed E-state index contributed by atoms with van der Waals surface area (Å²) in [4.78, 5) is 11.9. The molecular formula is C23H30N4. The Hall–Kier alpha value is -2.30. The van der Waals surface area contributed by atoms with Gasteiger partial charge in [0.15, 0.2) is 0 Å². The van der Waals surface area contributed by atoms with Gasteiger partial charge < -0.3 is 5.32 Å². The van der Waals surface area contributed by atoms with E-state index in [0.717, 1.165) is 44.0 Å². The average molecular weight is 363 g/mol. The third kappa shape index (κ3) is 5.34. The molecule has 2 aromatic heterocycles. The van der Waals surface area contributed by atoms with Crippen LogP contribution >= 0.6 is 0 Å². The molecule has 4 nitrogen and oxygen atoms in total. The SMILES string of the molecule is CNCCCCN(Cc1ncc(C)cc1C)Cc1nccc2ccccc12. The number of nitrogens with zero attached hydrogens (tertiary/aromatic N) is 3. The van der Waals surface area contributed by atoms with E-state index in [4.69, 9.17) is 9.97 Å². The first-order valence-corrected chi connectivity index (χ1v) is 9.79. The molecule has 0 aliphatic heterocycles. The van der Waals surface area contributed by atoms with E-state index in [2.05, 4.69) is 60.5 Å². The van der Waals surface area contributed by atoms with Crippen molar-refractivity contribution in [2.24, 2.45) is 0 Å². The second-order valence-corrected chi connectivity index (χ2v) is 7.28. The lowest BCUT2D eigenvalue weighted by Gasteiger charge is -2.23. The van der Waals surface area contributed by atoms with Crippen LogP contribution in [0.5, 0.6) is 0 Å². The highest BCUT2D eigenvalue weighted by Gasteiger charge is 2.12. The van der Waals surface area contributed by atoms with E-state index < -0.39 is 0 Å². The summed E-state index contributed by atoms with van der Waals surface area (Å²) in [6, 6.07) is 12.8. The first-order chi connectivity index (χ1) is 13.2. The molecule has 142 valence electrons. The highest BCUT2D eigenvalue weighted by atomic mass is 15.1. The van der Waals surface area contributed by atoms with E-state index in [1.165, 1.54) is 28.3 Å². The van der Waals surface area contributed by atoms with Crippen molar-refractivity contribution >= 4 is 10.8 Å². The summed E-state index contributed by atoms with van der Waals surface area (Å²) in [6.07, 6.45) is 6.23. The van der Waals surface area contributed by atoms with Crippen LogP contribution in [-0.4, -0.2) is 35.0 Å². The summed E-state index contributed by atoms with van der Waals surface area (Å²) in [5, 5.41) is 5.73. The Balaban J connectivity index is 1.80.